The molecule has 2 aromatic carbocycles. The van der Waals surface area contributed by atoms with Crippen molar-refractivity contribution in [3.63, 3.8) is 0 Å². The minimum atomic E-state index is -0.637. The molecule has 1 aromatic heterocycles. The van der Waals surface area contributed by atoms with Crippen LogP contribution in [0.25, 0.3) is 16.9 Å². The van der Waals surface area contributed by atoms with Crippen LogP contribution in [0.5, 0.6) is 5.75 Å². The highest BCUT2D eigenvalue weighted by Crippen LogP contribution is 2.26. The van der Waals surface area contributed by atoms with Crippen molar-refractivity contribution in [2.75, 3.05) is 7.11 Å². The quantitative estimate of drug-likeness (QED) is 0.474. The Bertz CT molecular complexity index is 977. The van der Waals surface area contributed by atoms with Crippen LogP contribution in [0.3, 0.4) is 0 Å². The molecule has 5 nitrogen and oxygen atoms in total. The Hall–Kier alpha value is -2.70. The molecule has 0 aliphatic carbocycles. The van der Waals surface area contributed by atoms with Crippen molar-refractivity contribution >= 4 is 0 Å². The largest absolute Gasteiger partial charge is 0.497 e. The van der Waals surface area contributed by atoms with Gasteiger partial charge in [-0.1, -0.05) is 12.1 Å². The van der Waals surface area contributed by atoms with Crippen LogP contribution in [0.2, 0.25) is 0 Å². The van der Waals surface area contributed by atoms with E-state index in [1.807, 2.05) is 44.3 Å². The van der Waals surface area contributed by atoms with Crippen molar-refractivity contribution in [3.05, 3.63) is 66.1 Å². The molecule has 0 radical (unpaired) electrons. The Morgan fingerprint density at radius 2 is 1.87 bits per heavy atom. The maximum Gasteiger partial charge on any atom is 0.148 e. The zero-order chi connectivity index (χ0) is 22.4. The maximum atomic E-state index is 14.4. The normalized spacial score (nSPS) is 12.7. The lowest BCUT2D eigenvalue weighted by Gasteiger charge is -2.19. The summed E-state index contributed by atoms with van der Waals surface area (Å²) < 4.78 is 21.2. The summed E-state index contributed by atoms with van der Waals surface area (Å²) in [6.45, 7) is 6.42. The second-order valence-electron chi connectivity index (χ2n) is 8.61. The van der Waals surface area contributed by atoms with E-state index in [0.717, 1.165) is 41.8 Å². The molecule has 0 amide bonds. The fourth-order valence-corrected chi connectivity index (χ4v) is 3.52. The van der Waals surface area contributed by atoms with Crippen molar-refractivity contribution in [3.8, 4) is 22.7 Å². The molecule has 0 spiro atoms. The van der Waals surface area contributed by atoms with E-state index in [1.54, 1.807) is 30.0 Å². The average Bonchev–Trinajstić information content (AvgIpc) is 3.15. The van der Waals surface area contributed by atoms with Crippen molar-refractivity contribution in [1.82, 2.24) is 15.1 Å². The lowest BCUT2D eigenvalue weighted by Crippen LogP contribution is -2.26. The Labute approximate surface area is 183 Å². The Morgan fingerprint density at radius 1 is 1.16 bits per heavy atom. The minimum Gasteiger partial charge on any atom is -0.497 e. The van der Waals surface area contributed by atoms with Gasteiger partial charge in [0.1, 0.15) is 17.3 Å². The number of nitrogens with zero attached hydrogens (tertiary/aromatic N) is 2. The maximum absolute atomic E-state index is 14.4. The van der Waals surface area contributed by atoms with Gasteiger partial charge in [-0.2, -0.15) is 5.10 Å². The third kappa shape index (κ3) is 6.39. The number of methoxy groups -OCH3 is 1. The van der Waals surface area contributed by atoms with E-state index in [-0.39, 0.29) is 11.9 Å². The third-order valence-electron chi connectivity index (χ3n) is 5.32. The molecular weight excluding hydrogens is 393 g/mol. The van der Waals surface area contributed by atoms with Gasteiger partial charge >= 0.3 is 0 Å². The lowest BCUT2D eigenvalue weighted by molar-refractivity contribution is 0.0675. The molecule has 1 heterocycles. The van der Waals surface area contributed by atoms with E-state index >= 15 is 0 Å². The topological polar surface area (TPSA) is 59.3 Å². The van der Waals surface area contributed by atoms with Gasteiger partial charge in [-0.05, 0) is 76.4 Å². The van der Waals surface area contributed by atoms with Crippen LogP contribution in [-0.2, 0) is 6.54 Å². The monoisotopic (exact) mass is 425 g/mol. The van der Waals surface area contributed by atoms with Gasteiger partial charge in [0.15, 0.2) is 0 Å². The van der Waals surface area contributed by atoms with Crippen molar-refractivity contribution < 1.29 is 14.2 Å². The summed E-state index contributed by atoms with van der Waals surface area (Å²) >= 11 is 0. The highest BCUT2D eigenvalue weighted by molar-refractivity contribution is 5.64. The number of halogens is 1. The van der Waals surface area contributed by atoms with Crippen LogP contribution in [0.1, 0.15) is 45.6 Å². The molecule has 166 valence electrons. The molecule has 3 rings (SSSR count). The number of hydrogen-bond donors (Lipinski definition) is 2. The highest BCUT2D eigenvalue weighted by Gasteiger charge is 2.16. The van der Waals surface area contributed by atoms with Crippen LogP contribution < -0.4 is 10.1 Å². The first-order valence-electron chi connectivity index (χ1n) is 10.7. The fraction of sp³-hybridized carbons (Fsp3) is 0.400. The zero-order valence-corrected chi connectivity index (χ0v) is 18.7. The molecule has 0 aliphatic rings. The average molecular weight is 426 g/mol. The minimum absolute atomic E-state index is 0.280. The number of hydrogen-bond acceptors (Lipinski definition) is 4. The van der Waals surface area contributed by atoms with Gasteiger partial charge in [0.2, 0.25) is 0 Å². The highest BCUT2D eigenvalue weighted by atomic mass is 19.1. The summed E-state index contributed by atoms with van der Waals surface area (Å²) in [4.78, 5) is 0. The van der Waals surface area contributed by atoms with E-state index in [9.17, 15) is 9.50 Å². The molecule has 0 unspecified atom stereocenters. The summed E-state index contributed by atoms with van der Waals surface area (Å²) in [5.41, 5.74) is 2.52. The molecule has 31 heavy (non-hydrogen) atoms. The second-order valence-corrected chi connectivity index (χ2v) is 8.61. The number of para-hydroxylation sites is 1. The second kappa shape index (κ2) is 10.1. The first-order chi connectivity index (χ1) is 14.8. The van der Waals surface area contributed by atoms with E-state index in [4.69, 9.17) is 9.84 Å². The first kappa shape index (κ1) is 23.0. The summed E-state index contributed by atoms with van der Waals surface area (Å²) in [6.07, 6.45) is 4.55. The Morgan fingerprint density at radius 3 is 2.52 bits per heavy atom. The van der Waals surface area contributed by atoms with E-state index in [2.05, 4.69) is 12.2 Å². The number of ether oxygens (including phenoxy) is 1. The number of aliphatic hydroxyl groups is 1. The van der Waals surface area contributed by atoms with Crippen LogP contribution >= 0.6 is 0 Å². The SMILES string of the molecule is COc1ccc(-c2nn(-c3ccccc3F)cc2CN[C@@H](C)CCCC(C)(C)O)cc1. The predicted molar refractivity (Wildman–Crippen MR) is 122 cm³/mol. The number of rotatable bonds is 10. The third-order valence-corrected chi connectivity index (χ3v) is 5.32. The molecule has 0 aliphatic heterocycles. The molecule has 0 saturated heterocycles. The van der Waals surface area contributed by atoms with E-state index in [0.29, 0.717) is 12.2 Å². The predicted octanol–water partition coefficient (Wildman–Crippen LogP) is 5.11. The molecule has 0 fully saturated rings. The van der Waals surface area contributed by atoms with Gasteiger partial charge in [-0.15, -0.1) is 0 Å². The summed E-state index contributed by atoms with van der Waals surface area (Å²) in [6, 6.07) is 14.6. The Kier molecular flexibility index (Phi) is 7.46. The first-order valence-corrected chi connectivity index (χ1v) is 10.7. The smallest absolute Gasteiger partial charge is 0.148 e. The van der Waals surface area contributed by atoms with Crippen molar-refractivity contribution in [1.29, 1.82) is 0 Å². The van der Waals surface area contributed by atoms with Gasteiger partial charge in [0.05, 0.1) is 18.4 Å². The molecular formula is C25H32FN3O2. The van der Waals surface area contributed by atoms with Gasteiger partial charge in [0, 0.05) is 29.9 Å². The van der Waals surface area contributed by atoms with Crippen molar-refractivity contribution in [2.45, 2.75) is 58.2 Å². The van der Waals surface area contributed by atoms with Crippen LogP contribution in [0, 0.1) is 5.82 Å². The molecule has 6 heteroatoms. The molecule has 2 N–H and O–H groups in total. The molecule has 0 bridgehead atoms. The molecule has 0 saturated carbocycles. The van der Waals surface area contributed by atoms with Crippen LogP contribution in [0.4, 0.5) is 4.39 Å². The van der Waals surface area contributed by atoms with Gasteiger partial charge in [0.25, 0.3) is 0 Å². The van der Waals surface area contributed by atoms with Gasteiger partial charge in [-0.3, -0.25) is 0 Å². The number of aromatic nitrogens is 2. The van der Waals surface area contributed by atoms with Gasteiger partial charge in [-0.25, -0.2) is 9.07 Å². The summed E-state index contributed by atoms with van der Waals surface area (Å²) in [7, 11) is 1.64. The van der Waals surface area contributed by atoms with E-state index in [1.165, 1.54) is 6.07 Å². The Balaban J connectivity index is 1.81. The lowest BCUT2D eigenvalue weighted by atomic mass is 9.99. The molecule has 3 aromatic rings. The van der Waals surface area contributed by atoms with Crippen LogP contribution in [0.15, 0.2) is 54.7 Å². The van der Waals surface area contributed by atoms with Crippen LogP contribution in [-0.4, -0.2) is 33.6 Å². The van der Waals surface area contributed by atoms with Gasteiger partial charge < -0.3 is 15.2 Å². The standard InChI is InChI=1S/C25H32FN3O2/c1-18(8-7-15-25(2,3)30)27-16-20-17-29(23-10-6-5-9-22(23)26)28-24(20)19-11-13-21(31-4)14-12-19/h5-6,9-14,17-18,27,30H,7-8,15-16H2,1-4H3/t18-/m0/s1. The number of nitrogens with one attached hydrogen (secondary N) is 1. The zero-order valence-electron chi connectivity index (χ0n) is 18.7. The van der Waals surface area contributed by atoms with Crippen molar-refractivity contribution in [2.24, 2.45) is 0 Å². The van der Waals surface area contributed by atoms with E-state index < -0.39 is 5.60 Å². The summed E-state index contributed by atoms with van der Waals surface area (Å²) in [5, 5.41) is 18.1. The number of benzene rings is 2. The molecule has 1 atom stereocenters. The fourth-order valence-electron chi connectivity index (χ4n) is 3.52. The summed E-state index contributed by atoms with van der Waals surface area (Å²) in [5.74, 6) is 0.461.